The molecule has 1 saturated carbocycles. The Morgan fingerprint density at radius 2 is 2.06 bits per heavy atom. The number of aromatic amines is 1. The molecule has 10 nitrogen and oxygen atoms in total. The van der Waals surface area contributed by atoms with Gasteiger partial charge in [-0.25, -0.2) is 9.50 Å². The molecule has 0 radical (unpaired) electrons. The van der Waals surface area contributed by atoms with E-state index < -0.39 is 5.95 Å². The van der Waals surface area contributed by atoms with E-state index >= 15 is 0 Å². The highest BCUT2D eigenvalue weighted by atomic mass is 19.1. The SMILES string of the molecule is C#C.C[C@H]1CCCN1c1nc(Nc2cc(C3CC3)[nH]n2)c2cccn2n1.O=CNc1ccc(F)nc1. The first kappa shape index (κ1) is 24.7. The summed E-state index contributed by atoms with van der Waals surface area (Å²) in [6, 6.07) is 9.19. The van der Waals surface area contributed by atoms with Gasteiger partial charge in [0.25, 0.3) is 0 Å². The van der Waals surface area contributed by atoms with Gasteiger partial charge >= 0.3 is 0 Å². The Kier molecular flexibility index (Phi) is 7.75. The summed E-state index contributed by atoms with van der Waals surface area (Å²) in [7, 11) is 0. The Labute approximate surface area is 208 Å². The molecule has 5 heterocycles. The average Bonchev–Trinajstić information content (AvgIpc) is 3.24. The summed E-state index contributed by atoms with van der Waals surface area (Å²) in [5.74, 6) is 2.51. The van der Waals surface area contributed by atoms with Crippen molar-refractivity contribution < 1.29 is 9.18 Å². The van der Waals surface area contributed by atoms with Crippen LogP contribution in [0.2, 0.25) is 0 Å². The molecule has 0 unspecified atom stereocenters. The molecule has 4 aromatic rings. The molecular formula is C25H28FN9O. The molecule has 2 fully saturated rings. The van der Waals surface area contributed by atoms with Gasteiger partial charge in [-0.3, -0.25) is 9.89 Å². The Balaban J connectivity index is 0.000000214. The van der Waals surface area contributed by atoms with Crippen LogP contribution in [-0.2, 0) is 4.79 Å². The van der Waals surface area contributed by atoms with Gasteiger partial charge < -0.3 is 15.5 Å². The molecule has 36 heavy (non-hydrogen) atoms. The molecular weight excluding hydrogens is 461 g/mol. The molecule has 3 N–H and O–H groups in total. The second-order valence-electron chi connectivity index (χ2n) is 8.52. The lowest BCUT2D eigenvalue weighted by molar-refractivity contribution is -0.105. The van der Waals surface area contributed by atoms with Crippen molar-refractivity contribution >= 4 is 35.2 Å². The minimum Gasteiger partial charge on any atom is -0.337 e. The topological polar surface area (TPSA) is 116 Å². The molecule has 4 aromatic heterocycles. The van der Waals surface area contributed by atoms with E-state index in [1.807, 2.05) is 22.8 Å². The number of nitrogens with zero attached hydrogens (tertiary/aromatic N) is 6. The fourth-order valence-electron chi connectivity index (χ4n) is 4.02. The van der Waals surface area contributed by atoms with E-state index in [9.17, 15) is 9.18 Å². The van der Waals surface area contributed by atoms with E-state index in [4.69, 9.17) is 4.98 Å². The molecule has 1 aliphatic carbocycles. The predicted octanol–water partition coefficient (Wildman–Crippen LogP) is 4.10. The minimum absolute atomic E-state index is 0.483. The third kappa shape index (κ3) is 5.78. The molecule has 1 atom stereocenters. The Hall–Kier alpha value is -4.46. The van der Waals surface area contributed by atoms with Crippen LogP contribution in [0, 0.1) is 18.8 Å². The monoisotopic (exact) mass is 489 g/mol. The van der Waals surface area contributed by atoms with Gasteiger partial charge in [0.15, 0.2) is 11.6 Å². The fourth-order valence-corrected chi connectivity index (χ4v) is 4.02. The van der Waals surface area contributed by atoms with Crippen LogP contribution in [0.1, 0.15) is 44.2 Å². The van der Waals surface area contributed by atoms with E-state index in [-0.39, 0.29) is 0 Å². The number of H-pyrrole nitrogens is 1. The maximum Gasteiger partial charge on any atom is 0.245 e. The van der Waals surface area contributed by atoms with Crippen LogP contribution in [0.5, 0.6) is 0 Å². The van der Waals surface area contributed by atoms with Gasteiger partial charge in [-0.05, 0) is 56.9 Å². The molecule has 6 rings (SSSR count). The largest absolute Gasteiger partial charge is 0.337 e. The van der Waals surface area contributed by atoms with Crippen LogP contribution in [0.4, 0.5) is 27.7 Å². The number of pyridine rings is 1. The highest BCUT2D eigenvalue weighted by Gasteiger charge is 2.26. The van der Waals surface area contributed by atoms with E-state index in [1.165, 1.54) is 49.7 Å². The standard InChI is InChI=1S/C17H21N7.C6H5FN2O.C2H2/c1-11-4-2-8-23(11)17-19-16(14-5-3-9-24(14)22-17)18-15-10-13(20-21-15)12-6-7-12;7-6-2-1-5(3-8-6)9-4-10;1-2/h3,5,9-12H,2,4,6-8H2,1H3,(H2,18,19,20,21,22);1-4H,(H,9,10);1-2H/t11-;;/m0../s1. The van der Waals surface area contributed by atoms with Crippen molar-refractivity contribution in [2.45, 2.75) is 44.6 Å². The minimum atomic E-state index is -0.559. The van der Waals surface area contributed by atoms with Crippen LogP contribution < -0.4 is 15.5 Å². The summed E-state index contributed by atoms with van der Waals surface area (Å²) >= 11 is 0. The van der Waals surface area contributed by atoms with Crippen molar-refractivity contribution in [1.29, 1.82) is 0 Å². The second-order valence-corrected chi connectivity index (χ2v) is 8.52. The molecule has 1 aliphatic heterocycles. The number of rotatable bonds is 6. The zero-order chi connectivity index (χ0) is 25.5. The van der Waals surface area contributed by atoms with Crippen LogP contribution >= 0.6 is 0 Å². The third-order valence-corrected chi connectivity index (χ3v) is 6.00. The van der Waals surface area contributed by atoms with Crippen LogP contribution in [0.25, 0.3) is 5.52 Å². The van der Waals surface area contributed by atoms with E-state index in [0.29, 0.717) is 24.1 Å². The van der Waals surface area contributed by atoms with Gasteiger partial charge in [0, 0.05) is 36.5 Å². The molecule has 1 amide bonds. The lowest BCUT2D eigenvalue weighted by Crippen LogP contribution is -2.29. The number of hydrogen-bond acceptors (Lipinski definition) is 7. The predicted molar refractivity (Wildman–Crippen MR) is 137 cm³/mol. The fraction of sp³-hybridized carbons (Fsp3) is 0.320. The van der Waals surface area contributed by atoms with Crippen molar-refractivity contribution in [2.24, 2.45) is 0 Å². The zero-order valence-corrected chi connectivity index (χ0v) is 19.9. The highest BCUT2D eigenvalue weighted by molar-refractivity contribution is 5.73. The van der Waals surface area contributed by atoms with Gasteiger partial charge in [0.05, 0.1) is 11.9 Å². The highest BCUT2D eigenvalue weighted by Crippen LogP contribution is 2.39. The Morgan fingerprint density at radius 1 is 1.22 bits per heavy atom. The van der Waals surface area contributed by atoms with Crippen molar-refractivity contribution in [3.8, 4) is 12.8 Å². The number of anilines is 4. The summed E-state index contributed by atoms with van der Waals surface area (Å²) in [6.45, 7) is 3.25. The van der Waals surface area contributed by atoms with Crippen LogP contribution in [0.3, 0.4) is 0 Å². The van der Waals surface area contributed by atoms with Gasteiger partial charge in [0.2, 0.25) is 18.3 Å². The van der Waals surface area contributed by atoms with Crippen LogP contribution in [0.15, 0.2) is 42.7 Å². The van der Waals surface area contributed by atoms with Gasteiger partial charge in [-0.1, -0.05) is 0 Å². The summed E-state index contributed by atoms with van der Waals surface area (Å²) in [6.07, 6.45) is 16.6. The maximum absolute atomic E-state index is 12.1. The third-order valence-electron chi connectivity index (χ3n) is 6.00. The van der Waals surface area contributed by atoms with Crippen molar-refractivity contribution in [3.05, 3.63) is 54.4 Å². The summed E-state index contributed by atoms with van der Waals surface area (Å²) < 4.78 is 14.0. The lowest BCUT2D eigenvalue weighted by atomic mass is 10.2. The molecule has 0 aromatic carbocycles. The number of amides is 1. The van der Waals surface area contributed by atoms with E-state index in [1.54, 1.807) is 0 Å². The first-order valence-corrected chi connectivity index (χ1v) is 11.7. The zero-order valence-electron chi connectivity index (χ0n) is 19.9. The molecule has 1 saturated heterocycles. The van der Waals surface area contributed by atoms with Gasteiger partial charge in [-0.2, -0.15) is 14.5 Å². The molecule has 2 aliphatic rings. The smallest absolute Gasteiger partial charge is 0.245 e. The van der Waals surface area contributed by atoms with E-state index in [0.717, 1.165) is 29.6 Å². The number of halogens is 1. The second kappa shape index (κ2) is 11.3. The molecule has 0 bridgehead atoms. The normalized spacial score (nSPS) is 16.4. The maximum atomic E-state index is 12.1. The quantitative estimate of drug-likeness (QED) is 0.212. The number of terminal acetylenes is 1. The Bertz CT molecular complexity index is 1310. The summed E-state index contributed by atoms with van der Waals surface area (Å²) in [5.41, 5.74) is 2.66. The van der Waals surface area contributed by atoms with Crippen molar-refractivity contribution in [2.75, 3.05) is 22.1 Å². The summed E-state index contributed by atoms with van der Waals surface area (Å²) in [4.78, 5) is 20.2. The average molecular weight is 490 g/mol. The first-order valence-electron chi connectivity index (χ1n) is 11.7. The van der Waals surface area contributed by atoms with Crippen molar-refractivity contribution in [1.82, 2.24) is 29.8 Å². The first-order chi connectivity index (χ1) is 17.6. The van der Waals surface area contributed by atoms with Crippen molar-refractivity contribution in [3.63, 3.8) is 0 Å². The number of carbonyl (C=O) groups is 1. The molecule has 0 spiro atoms. The lowest BCUT2D eigenvalue weighted by Gasteiger charge is -2.21. The number of hydrogen-bond donors (Lipinski definition) is 3. The number of carbonyl (C=O) groups excluding carboxylic acids is 1. The Morgan fingerprint density at radius 3 is 2.72 bits per heavy atom. The summed E-state index contributed by atoms with van der Waals surface area (Å²) in [5, 5.41) is 17.9. The number of nitrogens with one attached hydrogen (secondary N) is 3. The molecule has 11 heteroatoms. The molecule has 186 valence electrons. The van der Waals surface area contributed by atoms with Gasteiger partial charge in [-0.15, -0.1) is 17.9 Å². The number of fused-ring (bicyclic) bond motifs is 1. The van der Waals surface area contributed by atoms with Gasteiger partial charge in [0.1, 0.15) is 5.52 Å². The van der Waals surface area contributed by atoms with E-state index in [2.05, 4.69) is 61.7 Å². The van der Waals surface area contributed by atoms with Crippen LogP contribution in [-0.4, -0.2) is 48.8 Å². The number of aromatic nitrogens is 6.